The van der Waals surface area contributed by atoms with Gasteiger partial charge in [0.15, 0.2) is 0 Å². The predicted molar refractivity (Wildman–Crippen MR) is 58.0 cm³/mol. The smallest absolute Gasteiger partial charge is 0.224 e. The average molecular weight is 192 g/mol. The van der Waals surface area contributed by atoms with E-state index in [9.17, 15) is 4.79 Å². The molecule has 1 amide bonds. The topological polar surface area (TPSA) is 55.1 Å². The fourth-order valence-electron chi connectivity index (χ4n) is 1.15. The van der Waals surface area contributed by atoms with Crippen LogP contribution in [0.5, 0.6) is 0 Å². The van der Waals surface area contributed by atoms with Gasteiger partial charge in [-0.05, 0) is 24.6 Å². The van der Waals surface area contributed by atoms with Crippen LogP contribution in [0.4, 0.5) is 5.69 Å². The first-order chi connectivity index (χ1) is 6.63. The van der Waals surface area contributed by atoms with E-state index in [-0.39, 0.29) is 11.9 Å². The van der Waals surface area contributed by atoms with Crippen LogP contribution < -0.4 is 11.1 Å². The van der Waals surface area contributed by atoms with Gasteiger partial charge in [-0.3, -0.25) is 4.79 Å². The molecular formula is C11H16N2O. The van der Waals surface area contributed by atoms with E-state index in [2.05, 4.69) is 5.32 Å². The molecule has 3 N–H and O–H groups in total. The summed E-state index contributed by atoms with van der Waals surface area (Å²) in [6.45, 7) is 3.74. The third-order valence-electron chi connectivity index (χ3n) is 2.02. The summed E-state index contributed by atoms with van der Waals surface area (Å²) in [4.78, 5) is 11.1. The van der Waals surface area contributed by atoms with Gasteiger partial charge < -0.3 is 11.1 Å². The first-order valence-corrected chi connectivity index (χ1v) is 4.79. The minimum absolute atomic E-state index is 0.00604. The maximum absolute atomic E-state index is 11.1. The van der Waals surface area contributed by atoms with Crippen LogP contribution in [-0.4, -0.2) is 5.91 Å². The van der Waals surface area contributed by atoms with Gasteiger partial charge in [0.25, 0.3) is 0 Å². The Morgan fingerprint density at radius 2 is 2.29 bits per heavy atom. The summed E-state index contributed by atoms with van der Waals surface area (Å²) in [5.74, 6) is 0.0202. The van der Waals surface area contributed by atoms with Gasteiger partial charge in [-0.15, -0.1) is 0 Å². The zero-order valence-electron chi connectivity index (χ0n) is 8.58. The molecule has 14 heavy (non-hydrogen) atoms. The van der Waals surface area contributed by atoms with Crippen LogP contribution in [-0.2, 0) is 4.79 Å². The lowest BCUT2D eigenvalue weighted by molar-refractivity contribution is -0.115. The van der Waals surface area contributed by atoms with Crippen LogP contribution >= 0.6 is 0 Å². The first kappa shape index (κ1) is 10.7. The molecule has 0 fully saturated rings. The molecule has 0 saturated carbocycles. The van der Waals surface area contributed by atoms with E-state index in [0.29, 0.717) is 6.42 Å². The summed E-state index contributed by atoms with van der Waals surface area (Å²) in [7, 11) is 0. The van der Waals surface area contributed by atoms with Crippen LogP contribution in [0.2, 0.25) is 0 Å². The zero-order chi connectivity index (χ0) is 10.6. The van der Waals surface area contributed by atoms with Crippen LogP contribution in [0.3, 0.4) is 0 Å². The van der Waals surface area contributed by atoms with Gasteiger partial charge in [-0.1, -0.05) is 19.1 Å². The van der Waals surface area contributed by atoms with Gasteiger partial charge in [-0.2, -0.15) is 0 Å². The molecule has 0 radical (unpaired) electrons. The molecule has 1 aromatic carbocycles. The molecule has 1 unspecified atom stereocenters. The zero-order valence-corrected chi connectivity index (χ0v) is 8.58. The summed E-state index contributed by atoms with van der Waals surface area (Å²) in [5, 5.41) is 2.79. The minimum Gasteiger partial charge on any atom is -0.326 e. The molecule has 1 aromatic rings. The summed E-state index contributed by atoms with van der Waals surface area (Å²) in [6.07, 6.45) is 0.488. The SMILES string of the molecule is CCC(=O)Nc1cccc(C(C)N)c1. The number of nitrogens with one attached hydrogen (secondary N) is 1. The van der Waals surface area contributed by atoms with Crippen LogP contribution in [0, 0.1) is 0 Å². The van der Waals surface area contributed by atoms with Crippen molar-refractivity contribution < 1.29 is 4.79 Å². The molecule has 0 saturated heterocycles. The Kier molecular flexibility index (Phi) is 3.65. The first-order valence-electron chi connectivity index (χ1n) is 4.79. The van der Waals surface area contributed by atoms with E-state index in [0.717, 1.165) is 11.3 Å². The van der Waals surface area contributed by atoms with Gasteiger partial charge in [0, 0.05) is 18.2 Å². The van der Waals surface area contributed by atoms with Gasteiger partial charge >= 0.3 is 0 Å². The highest BCUT2D eigenvalue weighted by molar-refractivity contribution is 5.90. The largest absolute Gasteiger partial charge is 0.326 e. The number of nitrogens with two attached hydrogens (primary N) is 1. The maximum atomic E-state index is 11.1. The van der Waals surface area contributed by atoms with Crippen molar-refractivity contribution in [3.63, 3.8) is 0 Å². The maximum Gasteiger partial charge on any atom is 0.224 e. The molecule has 0 spiro atoms. The Labute approximate surface area is 84.3 Å². The molecule has 0 aromatic heterocycles. The van der Waals surface area contributed by atoms with Crippen molar-refractivity contribution in [2.24, 2.45) is 5.73 Å². The van der Waals surface area contributed by atoms with E-state index < -0.39 is 0 Å². The van der Waals surface area contributed by atoms with E-state index in [4.69, 9.17) is 5.73 Å². The number of carbonyl (C=O) groups is 1. The fraction of sp³-hybridized carbons (Fsp3) is 0.364. The number of rotatable bonds is 3. The molecule has 0 aliphatic rings. The van der Waals surface area contributed by atoms with E-state index in [1.165, 1.54) is 0 Å². The van der Waals surface area contributed by atoms with Gasteiger partial charge in [0.1, 0.15) is 0 Å². The van der Waals surface area contributed by atoms with Gasteiger partial charge in [0.05, 0.1) is 0 Å². The van der Waals surface area contributed by atoms with Gasteiger partial charge in [0.2, 0.25) is 5.91 Å². The number of carbonyl (C=O) groups excluding carboxylic acids is 1. The molecule has 3 nitrogen and oxygen atoms in total. The Hall–Kier alpha value is -1.35. The van der Waals surface area contributed by atoms with Crippen molar-refractivity contribution in [2.75, 3.05) is 5.32 Å². The highest BCUT2D eigenvalue weighted by atomic mass is 16.1. The van der Waals surface area contributed by atoms with Crippen molar-refractivity contribution in [1.29, 1.82) is 0 Å². The Balaban J connectivity index is 2.78. The highest BCUT2D eigenvalue weighted by Crippen LogP contribution is 2.15. The second kappa shape index (κ2) is 4.77. The Morgan fingerprint density at radius 3 is 2.86 bits per heavy atom. The van der Waals surface area contributed by atoms with Crippen molar-refractivity contribution in [3.05, 3.63) is 29.8 Å². The van der Waals surface area contributed by atoms with E-state index in [1.807, 2.05) is 38.1 Å². The average Bonchev–Trinajstić information content (AvgIpc) is 2.18. The highest BCUT2D eigenvalue weighted by Gasteiger charge is 2.02. The third kappa shape index (κ3) is 2.85. The lowest BCUT2D eigenvalue weighted by atomic mass is 10.1. The normalized spacial score (nSPS) is 12.2. The predicted octanol–water partition coefficient (Wildman–Crippen LogP) is 2.05. The summed E-state index contributed by atoms with van der Waals surface area (Å²) in [6, 6.07) is 7.60. The van der Waals surface area contributed by atoms with Crippen molar-refractivity contribution in [2.45, 2.75) is 26.3 Å². The number of hydrogen-bond donors (Lipinski definition) is 2. The second-order valence-electron chi connectivity index (χ2n) is 3.32. The molecule has 1 rings (SSSR count). The number of benzene rings is 1. The van der Waals surface area contributed by atoms with Crippen LogP contribution in [0.1, 0.15) is 31.9 Å². The van der Waals surface area contributed by atoms with Gasteiger partial charge in [-0.25, -0.2) is 0 Å². The lowest BCUT2D eigenvalue weighted by Gasteiger charge is -2.08. The molecule has 0 aliphatic heterocycles. The minimum atomic E-state index is -0.00604. The van der Waals surface area contributed by atoms with E-state index >= 15 is 0 Å². The van der Waals surface area contributed by atoms with Crippen LogP contribution in [0.15, 0.2) is 24.3 Å². The van der Waals surface area contributed by atoms with Crippen molar-refractivity contribution >= 4 is 11.6 Å². The monoisotopic (exact) mass is 192 g/mol. The fourth-order valence-corrected chi connectivity index (χ4v) is 1.15. The summed E-state index contributed by atoms with van der Waals surface area (Å²) < 4.78 is 0. The van der Waals surface area contributed by atoms with Crippen molar-refractivity contribution in [3.8, 4) is 0 Å². The van der Waals surface area contributed by atoms with Crippen molar-refractivity contribution in [1.82, 2.24) is 0 Å². The van der Waals surface area contributed by atoms with Crippen LogP contribution in [0.25, 0.3) is 0 Å². The number of anilines is 1. The quantitative estimate of drug-likeness (QED) is 0.770. The summed E-state index contributed by atoms with van der Waals surface area (Å²) >= 11 is 0. The number of hydrogen-bond acceptors (Lipinski definition) is 2. The molecule has 76 valence electrons. The second-order valence-corrected chi connectivity index (χ2v) is 3.32. The number of amides is 1. The molecule has 0 aliphatic carbocycles. The lowest BCUT2D eigenvalue weighted by Crippen LogP contribution is -2.10. The summed E-state index contributed by atoms with van der Waals surface area (Å²) in [5.41, 5.74) is 7.57. The Morgan fingerprint density at radius 1 is 1.57 bits per heavy atom. The third-order valence-corrected chi connectivity index (χ3v) is 2.02. The molecule has 0 heterocycles. The Bertz CT molecular complexity index is 321. The molecule has 3 heteroatoms. The molecular weight excluding hydrogens is 176 g/mol. The standard InChI is InChI=1S/C11H16N2O/c1-3-11(14)13-10-6-4-5-9(7-10)8(2)12/h4-8H,3,12H2,1-2H3,(H,13,14). The molecule has 0 bridgehead atoms. The molecule has 1 atom stereocenters. The van der Waals surface area contributed by atoms with E-state index in [1.54, 1.807) is 0 Å².